The fourth-order valence-electron chi connectivity index (χ4n) is 2.18. The summed E-state index contributed by atoms with van der Waals surface area (Å²) >= 11 is 0. The zero-order valence-corrected chi connectivity index (χ0v) is 13.2. The van der Waals surface area contributed by atoms with E-state index in [9.17, 15) is 4.79 Å². The summed E-state index contributed by atoms with van der Waals surface area (Å²) in [6, 6.07) is 10.7. The molecule has 2 N–H and O–H groups in total. The number of rotatable bonds is 6. The molecule has 2 heterocycles. The molecule has 3 rings (SSSR count). The second-order valence-electron chi connectivity index (χ2n) is 5.08. The molecule has 0 fully saturated rings. The van der Waals surface area contributed by atoms with Crippen LogP contribution in [0.1, 0.15) is 16.2 Å². The summed E-state index contributed by atoms with van der Waals surface area (Å²) < 4.78 is 5.07. The van der Waals surface area contributed by atoms with Gasteiger partial charge in [-0.15, -0.1) is 0 Å². The van der Waals surface area contributed by atoms with Crippen molar-refractivity contribution in [2.45, 2.75) is 6.42 Å². The van der Waals surface area contributed by atoms with Crippen LogP contribution in [0.3, 0.4) is 0 Å². The third kappa shape index (κ3) is 3.75. The molecule has 2 aromatic heterocycles. The van der Waals surface area contributed by atoms with Gasteiger partial charge >= 0.3 is 0 Å². The molecule has 0 radical (unpaired) electrons. The van der Waals surface area contributed by atoms with E-state index >= 15 is 0 Å². The van der Waals surface area contributed by atoms with Crippen molar-refractivity contribution >= 4 is 5.91 Å². The zero-order chi connectivity index (χ0) is 16.8. The number of nitrogens with zero attached hydrogens (tertiary/aromatic N) is 3. The van der Waals surface area contributed by atoms with Crippen LogP contribution in [0.2, 0.25) is 0 Å². The summed E-state index contributed by atoms with van der Waals surface area (Å²) in [4.78, 5) is 20.4. The molecule has 0 aliphatic heterocycles. The molecule has 1 amide bonds. The predicted octanol–water partition coefficient (Wildman–Crippen LogP) is 1.85. The van der Waals surface area contributed by atoms with Crippen molar-refractivity contribution in [1.82, 2.24) is 25.5 Å². The van der Waals surface area contributed by atoms with E-state index in [2.05, 4.69) is 25.5 Å². The van der Waals surface area contributed by atoms with E-state index in [0.717, 1.165) is 17.1 Å². The Labute approximate surface area is 139 Å². The summed E-state index contributed by atoms with van der Waals surface area (Å²) in [6.45, 7) is 0.468. The third-order valence-corrected chi connectivity index (χ3v) is 3.47. The molecule has 0 bridgehead atoms. The molecular weight excluding hydrogens is 306 g/mol. The van der Waals surface area contributed by atoms with Crippen LogP contribution in [0.25, 0.3) is 11.4 Å². The molecule has 7 nitrogen and oxygen atoms in total. The molecule has 7 heteroatoms. The fourth-order valence-corrected chi connectivity index (χ4v) is 2.18. The number of amides is 1. The minimum absolute atomic E-state index is 0.133. The Balaban J connectivity index is 1.53. The predicted molar refractivity (Wildman–Crippen MR) is 88.6 cm³/mol. The number of carbonyl (C=O) groups excluding carboxylic acids is 1. The highest BCUT2D eigenvalue weighted by molar-refractivity contribution is 5.94. The molecule has 3 aromatic rings. The van der Waals surface area contributed by atoms with Crippen LogP contribution < -0.4 is 10.1 Å². The fraction of sp³-hybridized carbons (Fsp3) is 0.176. The number of nitrogens with one attached hydrogen (secondary N) is 2. The first-order valence-corrected chi connectivity index (χ1v) is 7.50. The van der Waals surface area contributed by atoms with Gasteiger partial charge in [0, 0.05) is 36.5 Å². The molecule has 0 spiro atoms. The topological polar surface area (TPSA) is 92.8 Å². The molecule has 0 saturated heterocycles. The van der Waals surface area contributed by atoms with Gasteiger partial charge < -0.3 is 10.1 Å². The highest BCUT2D eigenvalue weighted by Gasteiger charge is 2.08. The number of ether oxygens (including phenoxy) is 1. The van der Waals surface area contributed by atoms with Crippen LogP contribution in [0, 0.1) is 0 Å². The second-order valence-corrected chi connectivity index (χ2v) is 5.08. The van der Waals surface area contributed by atoms with Gasteiger partial charge in [0.25, 0.3) is 5.91 Å². The van der Waals surface area contributed by atoms with E-state index in [1.54, 1.807) is 43.8 Å². The van der Waals surface area contributed by atoms with Gasteiger partial charge in [0.1, 0.15) is 11.6 Å². The lowest BCUT2D eigenvalue weighted by atomic mass is 10.2. The normalized spacial score (nSPS) is 10.4. The number of methoxy groups -OCH3 is 1. The van der Waals surface area contributed by atoms with Crippen LogP contribution in [0.15, 0.2) is 48.8 Å². The monoisotopic (exact) mass is 323 g/mol. The minimum Gasteiger partial charge on any atom is -0.497 e. The van der Waals surface area contributed by atoms with Crippen molar-refractivity contribution in [2.75, 3.05) is 13.7 Å². The zero-order valence-electron chi connectivity index (χ0n) is 13.2. The van der Waals surface area contributed by atoms with Crippen LogP contribution in [0.5, 0.6) is 5.75 Å². The summed E-state index contributed by atoms with van der Waals surface area (Å²) in [5, 5.41) is 9.91. The van der Waals surface area contributed by atoms with Crippen molar-refractivity contribution in [3.05, 3.63) is 60.2 Å². The van der Waals surface area contributed by atoms with Crippen molar-refractivity contribution < 1.29 is 9.53 Å². The lowest BCUT2D eigenvalue weighted by molar-refractivity contribution is 0.0954. The van der Waals surface area contributed by atoms with E-state index in [-0.39, 0.29) is 5.91 Å². The first kappa shape index (κ1) is 15.7. The summed E-state index contributed by atoms with van der Waals surface area (Å²) in [5.74, 6) is 1.93. The first-order valence-electron chi connectivity index (χ1n) is 7.50. The SMILES string of the molecule is COc1ccc(C(=O)NCCc2nc(-c3ccncc3)n[nH]2)cc1. The Morgan fingerprint density at radius 2 is 1.92 bits per heavy atom. The van der Waals surface area contributed by atoms with Crippen LogP contribution in [0.4, 0.5) is 0 Å². The summed E-state index contributed by atoms with van der Waals surface area (Å²) in [6.07, 6.45) is 3.96. The van der Waals surface area contributed by atoms with E-state index < -0.39 is 0 Å². The summed E-state index contributed by atoms with van der Waals surface area (Å²) in [5.41, 5.74) is 1.49. The Kier molecular flexibility index (Phi) is 4.81. The smallest absolute Gasteiger partial charge is 0.251 e. The van der Waals surface area contributed by atoms with E-state index in [4.69, 9.17) is 4.74 Å². The first-order chi connectivity index (χ1) is 11.8. The standard InChI is InChI=1S/C17H17N5O2/c1-24-14-4-2-13(3-5-14)17(23)19-11-8-15-20-16(22-21-15)12-6-9-18-10-7-12/h2-7,9-10H,8,11H2,1H3,(H,19,23)(H,20,21,22). The molecule has 0 aliphatic rings. The molecule has 0 unspecified atom stereocenters. The highest BCUT2D eigenvalue weighted by atomic mass is 16.5. The van der Waals surface area contributed by atoms with Crippen LogP contribution in [-0.4, -0.2) is 39.7 Å². The van der Waals surface area contributed by atoms with E-state index in [1.165, 1.54) is 0 Å². The second kappa shape index (κ2) is 7.36. The van der Waals surface area contributed by atoms with Gasteiger partial charge in [0.2, 0.25) is 0 Å². The Morgan fingerprint density at radius 1 is 1.17 bits per heavy atom. The molecular formula is C17H17N5O2. The number of aromatic nitrogens is 4. The van der Waals surface area contributed by atoms with Crippen molar-refractivity contribution in [2.24, 2.45) is 0 Å². The number of carbonyl (C=O) groups is 1. The largest absolute Gasteiger partial charge is 0.497 e. The molecule has 1 aromatic carbocycles. The van der Waals surface area contributed by atoms with Gasteiger partial charge in [0.15, 0.2) is 5.82 Å². The number of pyridine rings is 1. The van der Waals surface area contributed by atoms with Gasteiger partial charge in [-0.25, -0.2) is 4.98 Å². The maximum atomic E-state index is 12.1. The van der Waals surface area contributed by atoms with E-state index in [1.807, 2.05) is 12.1 Å². The molecule has 0 aliphatic carbocycles. The lowest BCUT2D eigenvalue weighted by Gasteiger charge is -2.05. The number of hydrogen-bond acceptors (Lipinski definition) is 5. The van der Waals surface area contributed by atoms with Gasteiger partial charge in [-0.3, -0.25) is 14.9 Å². The summed E-state index contributed by atoms with van der Waals surface area (Å²) in [7, 11) is 1.59. The van der Waals surface area contributed by atoms with Crippen LogP contribution in [-0.2, 0) is 6.42 Å². The maximum absolute atomic E-state index is 12.1. The Bertz CT molecular complexity index is 799. The Morgan fingerprint density at radius 3 is 2.62 bits per heavy atom. The maximum Gasteiger partial charge on any atom is 0.251 e. The average molecular weight is 323 g/mol. The van der Waals surface area contributed by atoms with Crippen LogP contribution >= 0.6 is 0 Å². The van der Waals surface area contributed by atoms with Gasteiger partial charge in [-0.05, 0) is 36.4 Å². The minimum atomic E-state index is -0.133. The molecule has 0 atom stereocenters. The molecule has 122 valence electrons. The lowest BCUT2D eigenvalue weighted by Crippen LogP contribution is -2.25. The molecule has 0 saturated carbocycles. The molecule has 24 heavy (non-hydrogen) atoms. The van der Waals surface area contributed by atoms with Gasteiger partial charge in [-0.2, -0.15) is 5.10 Å². The number of benzene rings is 1. The Hall–Kier alpha value is -3.22. The third-order valence-electron chi connectivity index (χ3n) is 3.47. The van der Waals surface area contributed by atoms with Gasteiger partial charge in [-0.1, -0.05) is 0 Å². The van der Waals surface area contributed by atoms with Crippen molar-refractivity contribution in [3.63, 3.8) is 0 Å². The van der Waals surface area contributed by atoms with E-state index in [0.29, 0.717) is 24.4 Å². The average Bonchev–Trinajstić information content (AvgIpc) is 3.11. The number of aromatic amines is 1. The van der Waals surface area contributed by atoms with Crippen molar-refractivity contribution in [1.29, 1.82) is 0 Å². The number of hydrogen-bond donors (Lipinski definition) is 2. The van der Waals surface area contributed by atoms with Crippen molar-refractivity contribution in [3.8, 4) is 17.1 Å². The highest BCUT2D eigenvalue weighted by Crippen LogP contribution is 2.13. The quantitative estimate of drug-likeness (QED) is 0.722. The van der Waals surface area contributed by atoms with Gasteiger partial charge in [0.05, 0.1) is 7.11 Å². The number of H-pyrrole nitrogens is 1.